The highest BCUT2D eigenvalue weighted by molar-refractivity contribution is 5.85. The second kappa shape index (κ2) is 6.79. The number of nitrogens with two attached hydrogens (primary N) is 1. The fraction of sp³-hybridized carbons (Fsp3) is 0.900. The van der Waals surface area contributed by atoms with Gasteiger partial charge in [0.2, 0.25) is 5.91 Å². The highest BCUT2D eigenvalue weighted by atomic mass is 16.5. The molecule has 3 N–H and O–H groups in total. The minimum atomic E-state index is -0.744. The molecule has 14 heavy (non-hydrogen) atoms. The van der Waals surface area contributed by atoms with Gasteiger partial charge in [0.05, 0.1) is 5.54 Å². The number of hydrogen-bond donors (Lipinski definition) is 2. The first kappa shape index (κ1) is 13.4. The number of hydrogen-bond acceptors (Lipinski definition) is 3. The van der Waals surface area contributed by atoms with Crippen molar-refractivity contribution in [2.45, 2.75) is 39.2 Å². The molecule has 0 saturated carbocycles. The SMILES string of the molecule is CCOCCCNC(=O)C(C)(N)CC. The van der Waals surface area contributed by atoms with E-state index in [1.807, 2.05) is 13.8 Å². The molecule has 4 heteroatoms. The van der Waals surface area contributed by atoms with E-state index in [9.17, 15) is 4.79 Å². The number of carbonyl (C=O) groups excluding carboxylic acids is 1. The van der Waals surface area contributed by atoms with E-state index in [1.54, 1.807) is 6.92 Å². The molecule has 0 aromatic heterocycles. The van der Waals surface area contributed by atoms with Crippen LogP contribution in [0.25, 0.3) is 0 Å². The Morgan fingerprint density at radius 1 is 1.50 bits per heavy atom. The van der Waals surface area contributed by atoms with E-state index < -0.39 is 5.54 Å². The second-order valence-electron chi connectivity index (χ2n) is 3.58. The van der Waals surface area contributed by atoms with Crippen molar-refractivity contribution in [2.75, 3.05) is 19.8 Å². The third-order valence-electron chi connectivity index (χ3n) is 2.21. The van der Waals surface area contributed by atoms with Crippen molar-refractivity contribution in [1.82, 2.24) is 5.32 Å². The number of rotatable bonds is 7. The van der Waals surface area contributed by atoms with E-state index in [4.69, 9.17) is 10.5 Å². The van der Waals surface area contributed by atoms with Gasteiger partial charge in [0, 0.05) is 19.8 Å². The molecule has 1 unspecified atom stereocenters. The molecule has 0 aromatic rings. The maximum absolute atomic E-state index is 11.5. The zero-order chi connectivity index (χ0) is 11.0. The molecule has 0 aliphatic heterocycles. The molecule has 0 spiro atoms. The van der Waals surface area contributed by atoms with Crippen LogP contribution in [0.3, 0.4) is 0 Å². The normalized spacial score (nSPS) is 14.9. The molecule has 1 amide bonds. The smallest absolute Gasteiger partial charge is 0.239 e. The summed E-state index contributed by atoms with van der Waals surface area (Å²) in [5.41, 5.74) is 5.01. The Labute approximate surface area is 86.2 Å². The summed E-state index contributed by atoms with van der Waals surface area (Å²) in [6, 6.07) is 0. The number of amides is 1. The summed E-state index contributed by atoms with van der Waals surface area (Å²) in [4.78, 5) is 11.5. The minimum absolute atomic E-state index is 0.0866. The van der Waals surface area contributed by atoms with E-state index in [0.717, 1.165) is 13.0 Å². The van der Waals surface area contributed by atoms with Crippen LogP contribution in [0.5, 0.6) is 0 Å². The lowest BCUT2D eigenvalue weighted by molar-refractivity contribution is -0.125. The highest BCUT2D eigenvalue weighted by Crippen LogP contribution is 2.03. The lowest BCUT2D eigenvalue weighted by Gasteiger charge is -2.21. The van der Waals surface area contributed by atoms with E-state index in [1.165, 1.54) is 0 Å². The predicted molar refractivity (Wildman–Crippen MR) is 57.0 cm³/mol. The molecule has 0 bridgehead atoms. The maximum atomic E-state index is 11.5. The highest BCUT2D eigenvalue weighted by Gasteiger charge is 2.24. The number of ether oxygens (including phenoxy) is 1. The van der Waals surface area contributed by atoms with Gasteiger partial charge in [-0.15, -0.1) is 0 Å². The molecule has 0 aromatic carbocycles. The average Bonchev–Trinajstić information content (AvgIpc) is 2.17. The van der Waals surface area contributed by atoms with Gasteiger partial charge in [0.25, 0.3) is 0 Å². The second-order valence-corrected chi connectivity index (χ2v) is 3.58. The summed E-state index contributed by atoms with van der Waals surface area (Å²) in [5.74, 6) is -0.0866. The summed E-state index contributed by atoms with van der Waals surface area (Å²) < 4.78 is 5.14. The van der Waals surface area contributed by atoms with Crippen LogP contribution in [0, 0.1) is 0 Å². The Hall–Kier alpha value is -0.610. The molecule has 0 aliphatic carbocycles. The number of carbonyl (C=O) groups is 1. The summed E-state index contributed by atoms with van der Waals surface area (Å²) in [7, 11) is 0. The molecule has 4 nitrogen and oxygen atoms in total. The van der Waals surface area contributed by atoms with Crippen molar-refractivity contribution in [3.63, 3.8) is 0 Å². The van der Waals surface area contributed by atoms with Gasteiger partial charge in [-0.3, -0.25) is 4.79 Å². The van der Waals surface area contributed by atoms with E-state index >= 15 is 0 Å². The van der Waals surface area contributed by atoms with Crippen molar-refractivity contribution in [3.05, 3.63) is 0 Å². The van der Waals surface area contributed by atoms with Gasteiger partial charge in [0.1, 0.15) is 0 Å². The van der Waals surface area contributed by atoms with Gasteiger partial charge >= 0.3 is 0 Å². The molecular weight excluding hydrogens is 180 g/mol. The standard InChI is InChI=1S/C10H22N2O2/c1-4-10(3,11)9(13)12-7-6-8-14-5-2/h4-8,11H2,1-3H3,(H,12,13). The fourth-order valence-corrected chi connectivity index (χ4v) is 0.883. The molecule has 0 rings (SSSR count). The molecule has 0 radical (unpaired) electrons. The average molecular weight is 202 g/mol. The summed E-state index contributed by atoms with van der Waals surface area (Å²) >= 11 is 0. The molecule has 0 fully saturated rings. The molecule has 0 saturated heterocycles. The summed E-state index contributed by atoms with van der Waals surface area (Å²) in [6.45, 7) is 7.63. The van der Waals surface area contributed by atoms with Gasteiger partial charge in [-0.2, -0.15) is 0 Å². The van der Waals surface area contributed by atoms with E-state index in [-0.39, 0.29) is 5.91 Å². The van der Waals surface area contributed by atoms with Crippen LogP contribution in [0.4, 0.5) is 0 Å². The zero-order valence-corrected chi connectivity index (χ0v) is 9.43. The van der Waals surface area contributed by atoms with Gasteiger partial charge in [-0.1, -0.05) is 6.92 Å². The third-order valence-corrected chi connectivity index (χ3v) is 2.21. The van der Waals surface area contributed by atoms with Crippen LogP contribution >= 0.6 is 0 Å². The largest absolute Gasteiger partial charge is 0.382 e. The molecule has 0 aliphatic rings. The van der Waals surface area contributed by atoms with Gasteiger partial charge < -0.3 is 15.8 Å². The first-order chi connectivity index (χ1) is 6.54. The Kier molecular flexibility index (Phi) is 6.49. The lowest BCUT2D eigenvalue weighted by Crippen LogP contribution is -2.51. The Morgan fingerprint density at radius 3 is 2.64 bits per heavy atom. The van der Waals surface area contributed by atoms with Crippen LogP contribution < -0.4 is 11.1 Å². The van der Waals surface area contributed by atoms with Crippen molar-refractivity contribution < 1.29 is 9.53 Å². The first-order valence-corrected chi connectivity index (χ1v) is 5.19. The third kappa shape index (κ3) is 5.19. The minimum Gasteiger partial charge on any atom is -0.382 e. The van der Waals surface area contributed by atoms with Crippen molar-refractivity contribution in [2.24, 2.45) is 5.73 Å². The molecule has 1 atom stereocenters. The lowest BCUT2D eigenvalue weighted by atomic mass is 10.00. The van der Waals surface area contributed by atoms with Crippen LogP contribution in [-0.2, 0) is 9.53 Å². The Morgan fingerprint density at radius 2 is 2.14 bits per heavy atom. The van der Waals surface area contributed by atoms with Crippen molar-refractivity contribution in [1.29, 1.82) is 0 Å². The molecule has 84 valence electrons. The van der Waals surface area contributed by atoms with E-state index in [0.29, 0.717) is 19.6 Å². The first-order valence-electron chi connectivity index (χ1n) is 5.19. The van der Waals surface area contributed by atoms with Crippen LogP contribution in [0.2, 0.25) is 0 Å². The Bertz CT molecular complexity index is 170. The van der Waals surface area contributed by atoms with Crippen LogP contribution in [-0.4, -0.2) is 31.2 Å². The maximum Gasteiger partial charge on any atom is 0.239 e. The van der Waals surface area contributed by atoms with Crippen LogP contribution in [0.15, 0.2) is 0 Å². The van der Waals surface area contributed by atoms with Gasteiger partial charge in [0.15, 0.2) is 0 Å². The molecular formula is C10H22N2O2. The van der Waals surface area contributed by atoms with Crippen molar-refractivity contribution in [3.8, 4) is 0 Å². The summed E-state index contributed by atoms with van der Waals surface area (Å²) in [6.07, 6.45) is 1.48. The topological polar surface area (TPSA) is 64.3 Å². The Balaban J connectivity index is 3.54. The summed E-state index contributed by atoms with van der Waals surface area (Å²) in [5, 5.41) is 2.79. The quantitative estimate of drug-likeness (QED) is 0.596. The van der Waals surface area contributed by atoms with Gasteiger partial charge in [-0.05, 0) is 26.7 Å². The van der Waals surface area contributed by atoms with Crippen molar-refractivity contribution >= 4 is 5.91 Å². The zero-order valence-electron chi connectivity index (χ0n) is 9.43. The van der Waals surface area contributed by atoms with Gasteiger partial charge in [-0.25, -0.2) is 0 Å². The van der Waals surface area contributed by atoms with Crippen LogP contribution in [0.1, 0.15) is 33.6 Å². The fourth-order valence-electron chi connectivity index (χ4n) is 0.883. The predicted octanol–water partition coefficient (Wildman–Crippen LogP) is 0.657. The van der Waals surface area contributed by atoms with E-state index in [2.05, 4.69) is 5.32 Å². The monoisotopic (exact) mass is 202 g/mol. The molecule has 0 heterocycles. The number of nitrogens with one attached hydrogen (secondary N) is 1.